The SMILES string of the molecule is CC(C)c1cccc(COC(=O)O[C@@H]2[C@H](/C=C(/Cl)C(F)(F)F)C2(C)C)c1F. The Morgan fingerprint density at radius 3 is 2.52 bits per heavy atom. The molecule has 0 spiro atoms. The van der Waals surface area contributed by atoms with Crippen molar-refractivity contribution in [3.8, 4) is 0 Å². The molecule has 0 aromatic heterocycles. The Morgan fingerprint density at radius 1 is 1.33 bits per heavy atom. The van der Waals surface area contributed by atoms with Crippen LogP contribution in [0.4, 0.5) is 22.4 Å². The summed E-state index contributed by atoms with van der Waals surface area (Å²) in [6.07, 6.45) is -5.68. The van der Waals surface area contributed by atoms with Crippen LogP contribution >= 0.6 is 11.6 Å². The molecule has 8 heteroatoms. The lowest BCUT2D eigenvalue weighted by Gasteiger charge is -2.12. The van der Waals surface area contributed by atoms with Gasteiger partial charge in [0.1, 0.15) is 23.6 Å². The van der Waals surface area contributed by atoms with Crippen molar-refractivity contribution in [2.45, 2.75) is 52.5 Å². The van der Waals surface area contributed by atoms with Crippen molar-refractivity contribution in [3.05, 3.63) is 46.3 Å². The minimum absolute atomic E-state index is 0.0323. The molecule has 1 saturated carbocycles. The van der Waals surface area contributed by atoms with Crippen LogP contribution in [0, 0.1) is 17.2 Å². The smallest absolute Gasteiger partial charge is 0.430 e. The molecule has 0 radical (unpaired) electrons. The van der Waals surface area contributed by atoms with Crippen molar-refractivity contribution in [1.82, 2.24) is 0 Å². The normalized spacial score (nSPS) is 21.9. The Morgan fingerprint density at radius 2 is 1.96 bits per heavy atom. The molecule has 1 aliphatic rings. The van der Waals surface area contributed by atoms with Crippen LogP contribution in [0.5, 0.6) is 0 Å². The van der Waals surface area contributed by atoms with Crippen molar-refractivity contribution in [2.75, 3.05) is 0 Å². The highest BCUT2D eigenvalue weighted by molar-refractivity contribution is 6.30. The standard InChI is InChI=1S/C19H21ClF4O3/c1-10(2)12-7-5-6-11(15(12)21)9-26-17(25)27-16-13(18(16,3)4)8-14(20)19(22,23)24/h5-8,10,13,16H,9H2,1-4H3/b14-8+/t13-,16+/m0/s1. The number of carbonyl (C=O) groups excluding carboxylic acids is 1. The number of ether oxygens (including phenoxy) is 2. The molecule has 1 aromatic carbocycles. The number of carbonyl (C=O) groups is 1. The van der Waals surface area contributed by atoms with Crippen LogP contribution in [-0.2, 0) is 16.1 Å². The lowest BCUT2D eigenvalue weighted by atomic mass is 10.0. The van der Waals surface area contributed by atoms with E-state index in [0.29, 0.717) is 5.56 Å². The van der Waals surface area contributed by atoms with Gasteiger partial charge in [-0.1, -0.05) is 63.6 Å². The molecule has 27 heavy (non-hydrogen) atoms. The summed E-state index contributed by atoms with van der Waals surface area (Å²) in [5, 5.41) is -1.26. The molecule has 0 unspecified atom stereocenters. The van der Waals surface area contributed by atoms with E-state index < -0.39 is 40.6 Å². The minimum Gasteiger partial charge on any atom is -0.430 e. The maximum absolute atomic E-state index is 14.3. The largest absolute Gasteiger partial charge is 0.508 e. The molecule has 0 heterocycles. The first kappa shape index (κ1) is 21.5. The van der Waals surface area contributed by atoms with E-state index in [1.807, 2.05) is 13.8 Å². The second-order valence-corrected chi connectivity index (χ2v) is 7.82. The third-order valence-electron chi connectivity index (χ3n) is 4.71. The van der Waals surface area contributed by atoms with E-state index in [-0.39, 0.29) is 18.1 Å². The van der Waals surface area contributed by atoms with E-state index in [9.17, 15) is 22.4 Å². The summed E-state index contributed by atoms with van der Waals surface area (Å²) in [6.45, 7) is 6.65. The van der Waals surface area contributed by atoms with Gasteiger partial charge < -0.3 is 9.47 Å². The second kappa shape index (κ2) is 7.70. The lowest BCUT2D eigenvalue weighted by Crippen LogP contribution is -2.13. The molecule has 0 aliphatic heterocycles. The van der Waals surface area contributed by atoms with Crippen molar-refractivity contribution in [1.29, 1.82) is 0 Å². The highest BCUT2D eigenvalue weighted by Gasteiger charge is 2.60. The highest BCUT2D eigenvalue weighted by Crippen LogP contribution is 2.56. The van der Waals surface area contributed by atoms with Gasteiger partial charge in [-0.05, 0) is 11.5 Å². The Kier molecular flexibility index (Phi) is 6.14. The fourth-order valence-corrected chi connectivity index (χ4v) is 2.98. The topological polar surface area (TPSA) is 35.5 Å². The van der Waals surface area contributed by atoms with Gasteiger partial charge >= 0.3 is 12.3 Å². The van der Waals surface area contributed by atoms with Crippen LogP contribution in [0.15, 0.2) is 29.3 Å². The third kappa shape index (κ3) is 4.94. The molecule has 2 atom stereocenters. The molecular formula is C19H21ClF4O3. The number of hydrogen-bond acceptors (Lipinski definition) is 3. The number of allylic oxidation sites excluding steroid dienone is 1. The molecule has 1 fully saturated rings. The van der Waals surface area contributed by atoms with Crippen LogP contribution in [0.3, 0.4) is 0 Å². The van der Waals surface area contributed by atoms with Crippen LogP contribution in [-0.4, -0.2) is 18.4 Å². The molecule has 3 nitrogen and oxygen atoms in total. The predicted octanol–water partition coefficient (Wildman–Crippen LogP) is 6.31. The van der Waals surface area contributed by atoms with Crippen LogP contribution < -0.4 is 0 Å². The number of hydrogen-bond donors (Lipinski definition) is 0. The molecule has 0 bridgehead atoms. The average molecular weight is 409 g/mol. The van der Waals surface area contributed by atoms with Gasteiger partial charge in [0.2, 0.25) is 0 Å². The summed E-state index contributed by atoms with van der Waals surface area (Å²) in [5.74, 6) is -1.17. The molecule has 1 aromatic rings. The second-order valence-electron chi connectivity index (χ2n) is 7.41. The van der Waals surface area contributed by atoms with Crippen molar-refractivity contribution < 1.29 is 31.8 Å². The summed E-state index contributed by atoms with van der Waals surface area (Å²) in [5.41, 5.74) is -0.00251. The van der Waals surface area contributed by atoms with Gasteiger partial charge in [0.15, 0.2) is 0 Å². The molecule has 0 amide bonds. The molecule has 1 aliphatic carbocycles. The van der Waals surface area contributed by atoms with Gasteiger partial charge in [0, 0.05) is 16.9 Å². The fourth-order valence-electron chi connectivity index (χ4n) is 2.84. The van der Waals surface area contributed by atoms with Gasteiger partial charge in [-0.25, -0.2) is 9.18 Å². The zero-order valence-electron chi connectivity index (χ0n) is 15.4. The first-order valence-corrected chi connectivity index (χ1v) is 8.78. The zero-order chi connectivity index (χ0) is 20.6. The van der Waals surface area contributed by atoms with Crippen LogP contribution in [0.2, 0.25) is 0 Å². The number of benzene rings is 1. The maximum Gasteiger partial charge on any atom is 0.508 e. The molecule has 2 rings (SSSR count). The van der Waals surface area contributed by atoms with Gasteiger partial charge in [-0.3, -0.25) is 0 Å². The van der Waals surface area contributed by atoms with E-state index >= 15 is 0 Å². The average Bonchev–Trinajstić information content (AvgIpc) is 3.04. The molecule has 0 saturated heterocycles. The highest BCUT2D eigenvalue weighted by atomic mass is 35.5. The summed E-state index contributed by atoms with van der Waals surface area (Å²) in [7, 11) is 0. The van der Waals surface area contributed by atoms with E-state index in [1.165, 1.54) is 6.07 Å². The van der Waals surface area contributed by atoms with Crippen molar-refractivity contribution in [3.63, 3.8) is 0 Å². The van der Waals surface area contributed by atoms with Crippen molar-refractivity contribution >= 4 is 17.8 Å². The molecular weight excluding hydrogens is 388 g/mol. The summed E-state index contributed by atoms with van der Waals surface area (Å²) < 4.78 is 62.0. The summed E-state index contributed by atoms with van der Waals surface area (Å²) >= 11 is 5.24. The number of alkyl halides is 3. The first-order chi connectivity index (χ1) is 12.4. The van der Waals surface area contributed by atoms with E-state index in [2.05, 4.69) is 0 Å². The Labute approximate surface area is 160 Å². The Hall–Kier alpha value is -1.76. The lowest BCUT2D eigenvalue weighted by molar-refractivity contribution is -0.0848. The molecule has 150 valence electrons. The van der Waals surface area contributed by atoms with E-state index in [1.54, 1.807) is 26.0 Å². The first-order valence-electron chi connectivity index (χ1n) is 8.41. The van der Waals surface area contributed by atoms with Gasteiger partial charge in [-0.15, -0.1) is 0 Å². The Bertz CT molecular complexity index is 741. The molecule has 0 N–H and O–H groups in total. The van der Waals surface area contributed by atoms with Gasteiger partial charge in [0.25, 0.3) is 0 Å². The number of rotatable bonds is 5. The van der Waals surface area contributed by atoms with Crippen LogP contribution in [0.1, 0.15) is 44.7 Å². The Balaban J connectivity index is 1.96. The summed E-state index contributed by atoms with van der Waals surface area (Å²) in [6, 6.07) is 4.80. The quantitative estimate of drug-likeness (QED) is 0.423. The fraction of sp³-hybridized carbons (Fsp3) is 0.526. The minimum atomic E-state index is -4.65. The van der Waals surface area contributed by atoms with E-state index in [4.69, 9.17) is 21.1 Å². The van der Waals surface area contributed by atoms with Gasteiger partial charge in [0.05, 0.1) is 0 Å². The monoisotopic (exact) mass is 408 g/mol. The predicted molar refractivity (Wildman–Crippen MR) is 92.8 cm³/mol. The van der Waals surface area contributed by atoms with E-state index in [0.717, 1.165) is 6.08 Å². The third-order valence-corrected chi connectivity index (χ3v) is 5.05. The maximum atomic E-state index is 14.3. The summed E-state index contributed by atoms with van der Waals surface area (Å²) in [4.78, 5) is 11.9. The van der Waals surface area contributed by atoms with Crippen molar-refractivity contribution in [2.24, 2.45) is 11.3 Å². The van der Waals surface area contributed by atoms with Gasteiger partial charge in [-0.2, -0.15) is 13.2 Å². The van der Waals surface area contributed by atoms with Crippen LogP contribution in [0.25, 0.3) is 0 Å². The zero-order valence-corrected chi connectivity index (χ0v) is 16.1. The number of halogens is 5.